The Morgan fingerprint density at radius 3 is 2.89 bits per heavy atom. The van der Waals surface area contributed by atoms with Crippen molar-refractivity contribution in [1.82, 2.24) is 9.97 Å². The monoisotopic (exact) mass is 268 g/mol. The van der Waals surface area contributed by atoms with Crippen LogP contribution >= 0.6 is 11.3 Å². The van der Waals surface area contributed by atoms with Crippen molar-refractivity contribution in [2.45, 2.75) is 0 Å². The lowest BCUT2D eigenvalue weighted by atomic mass is 10.2. The first-order valence-electron chi connectivity index (χ1n) is 5.73. The van der Waals surface area contributed by atoms with E-state index in [0.29, 0.717) is 0 Å². The zero-order chi connectivity index (χ0) is 12.7. The van der Waals surface area contributed by atoms with Crippen molar-refractivity contribution in [3.8, 4) is 22.2 Å². The average Bonchev–Trinajstić information content (AvgIpc) is 3.17. The molecule has 0 bridgehead atoms. The zero-order valence-corrected chi connectivity index (χ0v) is 10.6. The largest absolute Gasteiger partial charge is 0.454 e. The highest BCUT2D eigenvalue weighted by molar-refractivity contribution is 7.13. The molecule has 0 amide bonds. The molecule has 0 aliphatic heterocycles. The number of oxazole rings is 1. The van der Waals surface area contributed by atoms with Gasteiger partial charge in [-0.3, -0.25) is 0 Å². The molecule has 92 valence electrons. The third-order valence-corrected chi connectivity index (χ3v) is 3.69. The second-order valence-corrected chi connectivity index (χ2v) is 4.92. The lowest BCUT2D eigenvalue weighted by Gasteiger charge is -1.87. The van der Waals surface area contributed by atoms with Gasteiger partial charge in [0, 0.05) is 10.8 Å². The van der Waals surface area contributed by atoms with Crippen molar-refractivity contribution >= 4 is 22.3 Å². The average molecular weight is 268 g/mol. The van der Waals surface area contributed by atoms with E-state index in [0.717, 1.165) is 33.1 Å². The number of hydrogen-bond acceptors (Lipinski definition) is 5. The SMILES string of the molecule is c1ccc2oc(-c3nc(-c4cocn4)cs3)cc2c1. The van der Waals surface area contributed by atoms with Gasteiger partial charge in [0.15, 0.2) is 17.2 Å². The fourth-order valence-electron chi connectivity index (χ4n) is 1.93. The van der Waals surface area contributed by atoms with Gasteiger partial charge in [0.2, 0.25) is 0 Å². The van der Waals surface area contributed by atoms with E-state index < -0.39 is 0 Å². The first-order chi connectivity index (χ1) is 9.40. The molecule has 4 rings (SSSR count). The highest BCUT2D eigenvalue weighted by Gasteiger charge is 2.12. The van der Waals surface area contributed by atoms with Gasteiger partial charge < -0.3 is 8.83 Å². The van der Waals surface area contributed by atoms with Crippen LogP contribution in [0.2, 0.25) is 0 Å². The van der Waals surface area contributed by atoms with Gasteiger partial charge in [-0.1, -0.05) is 18.2 Å². The zero-order valence-electron chi connectivity index (χ0n) is 9.74. The molecule has 0 unspecified atom stereocenters. The molecule has 3 heterocycles. The number of benzene rings is 1. The van der Waals surface area contributed by atoms with Crippen LogP contribution in [-0.4, -0.2) is 9.97 Å². The first-order valence-corrected chi connectivity index (χ1v) is 6.61. The van der Waals surface area contributed by atoms with Crippen LogP contribution in [0.1, 0.15) is 0 Å². The Bertz CT molecular complexity index is 797. The third kappa shape index (κ3) is 1.75. The van der Waals surface area contributed by atoms with Gasteiger partial charge in [-0.05, 0) is 12.1 Å². The van der Waals surface area contributed by atoms with Crippen LogP contribution in [0.15, 0.2) is 57.2 Å². The molecule has 1 aromatic carbocycles. The van der Waals surface area contributed by atoms with Crippen LogP contribution < -0.4 is 0 Å². The summed E-state index contributed by atoms with van der Waals surface area (Å²) < 4.78 is 10.8. The summed E-state index contributed by atoms with van der Waals surface area (Å²) in [5.41, 5.74) is 2.41. The topological polar surface area (TPSA) is 52.1 Å². The highest BCUT2D eigenvalue weighted by atomic mass is 32.1. The molecular weight excluding hydrogens is 260 g/mol. The van der Waals surface area contributed by atoms with Crippen LogP contribution in [0.3, 0.4) is 0 Å². The quantitative estimate of drug-likeness (QED) is 0.546. The number of rotatable bonds is 2. The fourth-order valence-corrected chi connectivity index (χ4v) is 2.70. The van der Waals surface area contributed by atoms with Gasteiger partial charge >= 0.3 is 0 Å². The van der Waals surface area contributed by atoms with E-state index in [1.165, 1.54) is 17.7 Å². The number of nitrogens with zero attached hydrogens (tertiary/aromatic N) is 2. The van der Waals surface area contributed by atoms with E-state index in [1.54, 1.807) is 6.26 Å². The molecule has 0 fully saturated rings. The summed E-state index contributed by atoms with van der Waals surface area (Å²) in [6.45, 7) is 0. The number of fused-ring (bicyclic) bond motifs is 1. The Balaban J connectivity index is 1.80. The minimum absolute atomic E-state index is 0.735. The molecule has 3 aromatic heterocycles. The summed E-state index contributed by atoms with van der Waals surface area (Å²) in [6.07, 6.45) is 2.98. The minimum Gasteiger partial charge on any atom is -0.454 e. The second kappa shape index (κ2) is 4.07. The molecular formula is C14H8N2O2S. The predicted octanol–water partition coefficient (Wildman–Crippen LogP) is 4.21. The Hall–Kier alpha value is -2.40. The minimum atomic E-state index is 0.735. The lowest BCUT2D eigenvalue weighted by molar-refractivity contribution is 0.558. The Kier molecular flexibility index (Phi) is 2.25. The summed E-state index contributed by atoms with van der Waals surface area (Å²) in [6, 6.07) is 9.92. The first kappa shape index (κ1) is 10.5. The molecule has 0 radical (unpaired) electrons. The number of para-hydroxylation sites is 1. The Morgan fingerprint density at radius 2 is 2.05 bits per heavy atom. The molecule has 5 heteroatoms. The van der Waals surface area contributed by atoms with Crippen molar-refractivity contribution in [3.63, 3.8) is 0 Å². The molecule has 0 saturated heterocycles. The van der Waals surface area contributed by atoms with Gasteiger partial charge in [-0.2, -0.15) is 0 Å². The molecule has 0 atom stereocenters. The summed E-state index contributed by atoms with van der Waals surface area (Å²) >= 11 is 1.53. The van der Waals surface area contributed by atoms with Crippen molar-refractivity contribution in [1.29, 1.82) is 0 Å². The van der Waals surface area contributed by atoms with Crippen molar-refractivity contribution < 1.29 is 8.83 Å². The number of aromatic nitrogens is 2. The van der Waals surface area contributed by atoms with Crippen molar-refractivity contribution in [2.75, 3.05) is 0 Å². The second-order valence-electron chi connectivity index (χ2n) is 4.06. The summed E-state index contributed by atoms with van der Waals surface area (Å²) in [4.78, 5) is 8.60. The standard InChI is InChI=1S/C14H8N2O2S/c1-2-4-12-9(3-1)5-13(18-12)14-16-11(7-19-14)10-6-17-8-15-10/h1-8H. The molecule has 0 N–H and O–H groups in total. The Morgan fingerprint density at radius 1 is 1.11 bits per heavy atom. The molecule has 0 spiro atoms. The number of hydrogen-bond donors (Lipinski definition) is 0. The van der Waals surface area contributed by atoms with E-state index in [-0.39, 0.29) is 0 Å². The van der Waals surface area contributed by atoms with Crippen LogP contribution in [0.25, 0.3) is 33.1 Å². The van der Waals surface area contributed by atoms with Gasteiger partial charge in [0.1, 0.15) is 23.2 Å². The van der Waals surface area contributed by atoms with E-state index in [9.17, 15) is 0 Å². The highest BCUT2D eigenvalue weighted by Crippen LogP contribution is 2.32. The maximum Gasteiger partial charge on any atom is 0.181 e. The third-order valence-electron chi connectivity index (χ3n) is 2.84. The van der Waals surface area contributed by atoms with E-state index in [1.807, 2.05) is 35.7 Å². The van der Waals surface area contributed by atoms with E-state index in [4.69, 9.17) is 8.83 Å². The number of thiazole rings is 1. The van der Waals surface area contributed by atoms with Gasteiger partial charge in [-0.25, -0.2) is 9.97 Å². The smallest absolute Gasteiger partial charge is 0.181 e. The maximum atomic E-state index is 5.79. The molecule has 4 aromatic rings. The predicted molar refractivity (Wildman–Crippen MR) is 72.8 cm³/mol. The number of furan rings is 1. The van der Waals surface area contributed by atoms with Crippen LogP contribution in [0.4, 0.5) is 0 Å². The van der Waals surface area contributed by atoms with Crippen LogP contribution in [0.5, 0.6) is 0 Å². The van der Waals surface area contributed by atoms with E-state index >= 15 is 0 Å². The molecule has 4 nitrogen and oxygen atoms in total. The Labute approximate surface area is 112 Å². The normalized spacial score (nSPS) is 11.2. The fraction of sp³-hybridized carbons (Fsp3) is 0. The summed E-state index contributed by atoms with van der Waals surface area (Å²) in [5, 5.41) is 3.87. The summed E-state index contributed by atoms with van der Waals surface area (Å²) in [7, 11) is 0. The van der Waals surface area contributed by atoms with E-state index in [2.05, 4.69) is 9.97 Å². The van der Waals surface area contributed by atoms with Crippen LogP contribution in [0, 0.1) is 0 Å². The van der Waals surface area contributed by atoms with Gasteiger partial charge in [0.05, 0.1) is 0 Å². The lowest BCUT2D eigenvalue weighted by Crippen LogP contribution is -1.76. The molecule has 0 aliphatic rings. The van der Waals surface area contributed by atoms with Gasteiger partial charge in [0.25, 0.3) is 0 Å². The molecule has 19 heavy (non-hydrogen) atoms. The molecule has 0 aliphatic carbocycles. The van der Waals surface area contributed by atoms with Crippen molar-refractivity contribution in [3.05, 3.63) is 48.4 Å². The summed E-state index contributed by atoms with van der Waals surface area (Å²) in [5.74, 6) is 0.779. The maximum absolute atomic E-state index is 5.79. The van der Waals surface area contributed by atoms with Crippen molar-refractivity contribution in [2.24, 2.45) is 0 Å². The van der Waals surface area contributed by atoms with Gasteiger partial charge in [-0.15, -0.1) is 11.3 Å². The van der Waals surface area contributed by atoms with Crippen LogP contribution in [-0.2, 0) is 0 Å². The molecule has 0 saturated carbocycles.